The second kappa shape index (κ2) is 9.80. The van der Waals surface area contributed by atoms with E-state index in [-0.39, 0.29) is 6.10 Å². The fourth-order valence-corrected chi connectivity index (χ4v) is 2.04. The lowest BCUT2D eigenvalue weighted by Crippen LogP contribution is -2.21. The highest BCUT2D eigenvalue weighted by Gasteiger charge is 2.05. The van der Waals surface area contributed by atoms with Gasteiger partial charge in [-0.2, -0.15) is 0 Å². The minimum Gasteiger partial charge on any atom is -0.491 e. The first-order valence-corrected chi connectivity index (χ1v) is 8.06. The van der Waals surface area contributed by atoms with Crippen LogP contribution >= 0.6 is 0 Å². The number of benzene rings is 1. The van der Waals surface area contributed by atoms with Gasteiger partial charge in [0.25, 0.3) is 0 Å². The van der Waals surface area contributed by atoms with Crippen LogP contribution in [0.15, 0.2) is 24.3 Å². The Morgan fingerprint density at radius 2 is 1.67 bits per heavy atom. The van der Waals surface area contributed by atoms with Gasteiger partial charge in [-0.25, -0.2) is 0 Å². The van der Waals surface area contributed by atoms with E-state index < -0.39 is 0 Å². The van der Waals surface area contributed by atoms with Crippen LogP contribution in [0.5, 0.6) is 5.75 Å². The predicted molar refractivity (Wildman–Crippen MR) is 88.9 cm³/mol. The first-order valence-electron chi connectivity index (χ1n) is 8.06. The summed E-state index contributed by atoms with van der Waals surface area (Å²) in [6.45, 7) is 13.3. The topological polar surface area (TPSA) is 30.5 Å². The Balaban J connectivity index is 2.24. The van der Waals surface area contributed by atoms with Crippen LogP contribution < -0.4 is 10.1 Å². The number of nitrogens with one attached hydrogen (secondary N) is 1. The maximum absolute atomic E-state index is 5.66. The van der Waals surface area contributed by atoms with Crippen molar-refractivity contribution in [2.24, 2.45) is 5.92 Å². The lowest BCUT2D eigenvalue weighted by molar-refractivity contribution is 0.107. The van der Waals surface area contributed by atoms with Crippen LogP contribution in [0.25, 0.3) is 0 Å². The van der Waals surface area contributed by atoms with E-state index in [4.69, 9.17) is 9.47 Å². The van der Waals surface area contributed by atoms with Crippen LogP contribution in [0.1, 0.15) is 52.6 Å². The molecule has 0 amide bonds. The molecule has 0 bridgehead atoms. The van der Waals surface area contributed by atoms with Crippen molar-refractivity contribution < 1.29 is 9.47 Å². The highest BCUT2D eigenvalue weighted by Crippen LogP contribution is 2.18. The molecule has 1 unspecified atom stereocenters. The largest absolute Gasteiger partial charge is 0.491 e. The average molecular weight is 293 g/mol. The summed E-state index contributed by atoms with van der Waals surface area (Å²) in [6, 6.07) is 8.69. The van der Waals surface area contributed by atoms with Crippen LogP contribution in [0.2, 0.25) is 0 Å². The smallest absolute Gasteiger partial charge is 0.119 e. The molecule has 3 heteroatoms. The second-order valence-corrected chi connectivity index (χ2v) is 6.23. The summed E-state index contributed by atoms with van der Waals surface area (Å²) in [7, 11) is 0. The Kier molecular flexibility index (Phi) is 8.40. The minimum atomic E-state index is 0.220. The molecular weight excluding hydrogens is 262 g/mol. The fourth-order valence-electron chi connectivity index (χ4n) is 2.04. The van der Waals surface area contributed by atoms with Crippen LogP contribution in [0, 0.1) is 5.92 Å². The van der Waals surface area contributed by atoms with Crippen molar-refractivity contribution >= 4 is 0 Å². The minimum absolute atomic E-state index is 0.220. The van der Waals surface area contributed by atoms with E-state index in [0.717, 1.165) is 31.9 Å². The summed E-state index contributed by atoms with van der Waals surface area (Å²) >= 11 is 0. The Hall–Kier alpha value is -1.06. The van der Waals surface area contributed by atoms with Gasteiger partial charge in [0.15, 0.2) is 0 Å². The van der Waals surface area contributed by atoms with Crippen molar-refractivity contribution in [3.05, 3.63) is 29.8 Å². The number of ether oxygens (including phenoxy) is 2. The quantitative estimate of drug-likeness (QED) is 0.656. The molecular formula is C18H31NO2. The van der Waals surface area contributed by atoms with Gasteiger partial charge >= 0.3 is 0 Å². The predicted octanol–water partition coefficient (Wildman–Crippen LogP) is 4.19. The zero-order valence-electron chi connectivity index (χ0n) is 14.2. The van der Waals surface area contributed by atoms with Crippen molar-refractivity contribution in [3.8, 4) is 5.75 Å². The van der Waals surface area contributed by atoms with Gasteiger partial charge in [-0.05, 0) is 57.4 Å². The molecule has 0 saturated heterocycles. The zero-order valence-corrected chi connectivity index (χ0v) is 14.2. The lowest BCUT2D eigenvalue weighted by atomic mass is 10.1. The lowest BCUT2D eigenvalue weighted by Gasteiger charge is -2.16. The van der Waals surface area contributed by atoms with Crippen LogP contribution in [0.3, 0.4) is 0 Å². The molecule has 1 rings (SSSR count). The molecule has 21 heavy (non-hydrogen) atoms. The third kappa shape index (κ3) is 8.08. The zero-order chi connectivity index (χ0) is 15.7. The standard InChI is InChI=1S/C18H31NO2/c1-14(2)13-20-12-6-11-19-16(5)17-7-9-18(10-8-17)21-15(3)4/h7-10,14-16,19H,6,11-13H2,1-5H3. The number of rotatable bonds is 10. The van der Waals surface area contributed by atoms with E-state index in [1.54, 1.807) is 0 Å². The molecule has 0 heterocycles. The van der Waals surface area contributed by atoms with Gasteiger partial charge in [-0.3, -0.25) is 0 Å². The molecule has 0 saturated carbocycles. The Labute approximate surface area is 130 Å². The average Bonchev–Trinajstić information content (AvgIpc) is 2.42. The molecule has 0 aromatic heterocycles. The van der Waals surface area contributed by atoms with Gasteiger partial charge in [0.1, 0.15) is 5.75 Å². The molecule has 0 aliphatic carbocycles. The van der Waals surface area contributed by atoms with Gasteiger partial charge in [-0.15, -0.1) is 0 Å². The molecule has 0 radical (unpaired) electrons. The molecule has 1 N–H and O–H groups in total. The van der Waals surface area contributed by atoms with E-state index in [1.807, 2.05) is 26.0 Å². The van der Waals surface area contributed by atoms with E-state index >= 15 is 0 Å². The van der Waals surface area contributed by atoms with Crippen molar-refractivity contribution in [1.29, 1.82) is 0 Å². The summed E-state index contributed by atoms with van der Waals surface area (Å²) in [4.78, 5) is 0. The Bertz CT molecular complexity index is 373. The molecule has 0 spiro atoms. The normalized spacial score (nSPS) is 12.9. The maximum Gasteiger partial charge on any atom is 0.119 e. The SMILES string of the molecule is CC(C)COCCCNC(C)c1ccc(OC(C)C)cc1. The first-order chi connectivity index (χ1) is 9.99. The van der Waals surface area contributed by atoms with Crippen molar-refractivity contribution in [2.75, 3.05) is 19.8 Å². The monoisotopic (exact) mass is 293 g/mol. The summed E-state index contributed by atoms with van der Waals surface area (Å²) < 4.78 is 11.2. The van der Waals surface area contributed by atoms with E-state index in [1.165, 1.54) is 5.56 Å². The fraction of sp³-hybridized carbons (Fsp3) is 0.667. The van der Waals surface area contributed by atoms with Crippen molar-refractivity contribution in [2.45, 2.75) is 53.2 Å². The Morgan fingerprint density at radius 1 is 1.00 bits per heavy atom. The van der Waals surface area contributed by atoms with E-state index in [2.05, 4.69) is 38.2 Å². The van der Waals surface area contributed by atoms with Gasteiger partial charge in [0, 0.05) is 19.3 Å². The van der Waals surface area contributed by atoms with Gasteiger partial charge < -0.3 is 14.8 Å². The summed E-state index contributed by atoms with van der Waals surface area (Å²) in [6.07, 6.45) is 1.27. The molecule has 1 aromatic carbocycles. The summed E-state index contributed by atoms with van der Waals surface area (Å²) in [5, 5.41) is 3.53. The maximum atomic E-state index is 5.66. The van der Waals surface area contributed by atoms with Crippen LogP contribution in [-0.4, -0.2) is 25.9 Å². The summed E-state index contributed by atoms with van der Waals surface area (Å²) in [5.74, 6) is 1.55. The number of hydrogen-bond donors (Lipinski definition) is 1. The molecule has 120 valence electrons. The third-order valence-corrected chi connectivity index (χ3v) is 3.12. The number of hydrogen-bond acceptors (Lipinski definition) is 3. The van der Waals surface area contributed by atoms with Gasteiger partial charge in [-0.1, -0.05) is 26.0 Å². The van der Waals surface area contributed by atoms with Crippen molar-refractivity contribution in [1.82, 2.24) is 5.32 Å². The molecule has 0 aliphatic heterocycles. The van der Waals surface area contributed by atoms with E-state index in [9.17, 15) is 0 Å². The highest BCUT2D eigenvalue weighted by atomic mass is 16.5. The molecule has 0 fully saturated rings. The second-order valence-electron chi connectivity index (χ2n) is 6.23. The first kappa shape index (κ1) is 18.0. The van der Waals surface area contributed by atoms with Crippen LogP contribution in [-0.2, 0) is 4.74 Å². The van der Waals surface area contributed by atoms with Crippen LogP contribution in [0.4, 0.5) is 0 Å². The molecule has 1 aromatic rings. The Morgan fingerprint density at radius 3 is 2.24 bits per heavy atom. The van der Waals surface area contributed by atoms with Gasteiger partial charge in [0.2, 0.25) is 0 Å². The third-order valence-electron chi connectivity index (χ3n) is 3.12. The van der Waals surface area contributed by atoms with Gasteiger partial charge in [0.05, 0.1) is 6.10 Å². The summed E-state index contributed by atoms with van der Waals surface area (Å²) in [5.41, 5.74) is 1.29. The molecule has 0 aliphatic rings. The van der Waals surface area contributed by atoms with E-state index in [0.29, 0.717) is 12.0 Å². The molecule has 3 nitrogen and oxygen atoms in total. The van der Waals surface area contributed by atoms with Crippen molar-refractivity contribution in [3.63, 3.8) is 0 Å². The highest BCUT2D eigenvalue weighted by molar-refractivity contribution is 5.29. The molecule has 1 atom stereocenters.